The van der Waals surface area contributed by atoms with Gasteiger partial charge in [0, 0.05) is 11.1 Å². The molecule has 21 heavy (non-hydrogen) atoms. The van der Waals surface area contributed by atoms with Crippen LogP contribution in [0.4, 0.5) is 17.2 Å². The minimum absolute atomic E-state index is 0.0410. The number of anilines is 2. The van der Waals surface area contributed by atoms with Crippen molar-refractivity contribution < 1.29 is 14.3 Å². The highest BCUT2D eigenvalue weighted by Gasteiger charge is 2.16. The maximum Gasteiger partial charge on any atom is 0.300 e. The monoisotopic (exact) mass is 313 g/mol. The van der Waals surface area contributed by atoms with E-state index in [0.29, 0.717) is 5.69 Å². The first-order valence-corrected chi connectivity index (χ1v) is 6.27. The molecule has 0 saturated carbocycles. The molecule has 0 aliphatic carbocycles. The minimum Gasteiger partial charge on any atom is -0.468 e. The Morgan fingerprint density at radius 3 is 2.95 bits per heavy atom. The second-order valence-corrected chi connectivity index (χ2v) is 4.62. The van der Waals surface area contributed by atoms with Gasteiger partial charge in [-0.1, -0.05) is 11.6 Å². The number of aromatic nitrogens is 2. The smallest absolute Gasteiger partial charge is 0.300 e. The van der Waals surface area contributed by atoms with Crippen molar-refractivity contribution in [3.05, 3.63) is 33.3 Å². The quantitative estimate of drug-likeness (QED) is 0.612. The zero-order valence-corrected chi connectivity index (χ0v) is 11.7. The van der Waals surface area contributed by atoms with E-state index in [1.807, 2.05) is 0 Å². The zero-order valence-electron chi connectivity index (χ0n) is 10.9. The molecular weight excluding hydrogens is 302 g/mol. The lowest BCUT2D eigenvalue weighted by molar-refractivity contribution is -0.383. The van der Waals surface area contributed by atoms with Gasteiger partial charge in [-0.2, -0.15) is 0 Å². The summed E-state index contributed by atoms with van der Waals surface area (Å²) in [5.74, 6) is 0.120. The Morgan fingerprint density at radius 2 is 2.33 bits per heavy atom. The summed E-state index contributed by atoms with van der Waals surface area (Å²) in [4.78, 5) is 10.4. The number of nitrogens with two attached hydrogens (primary N) is 1. The van der Waals surface area contributed by atoms with E-state index < -0.39 is 4.92 Å². The Labute approximate surface area is 124 Å². The molecule has 1 aromatic heterocycles. The third-order valence-corrected chi connectivity index (χ3v) is 2.77. The van der Waals surface area contributed by atoms with E-state index >= 15 is 0 Å². The number of ether oxygens (including phenoxy) is 1. The van der Waals surface area contributed by atoms with Crippen LogP contribution in [0.3, 0.4) is 0 Å². The Kier molecular flexibility index (Phi) is 4.43. The number of halogens is 1. The molecule has 9 nitrogen and oxygen atoms in total. The lowest BCUT2D eigenvalue weighted by Crippen LogP contribution is -2.23. The van der Waals surface area contributed by atoms with Gasteiger partial charge in [-0.25, -0.2) is 4.63 Å². The SMILES string of the molecule is C[C@@H](CNc1ccc(Cl)cc1[N+](=O)[O-])Oc1nonc1N. The predicted molar refractivity (Wildman–Crippen MR) is 75.4 cm³/mol. The van der Waals surface area contributed by atoms with Gasteiger partial charge in [0.1, 0.15) is 11.8 Å². The number of hydrogen-bond donors (Lipinski definition) is 2. The van der Waals surface area contributed by atoms with Crippen LogP contribution in [-0.2, 0) is 0 Å². The van der Waals surface area contributed by atoms with E-state index in [0.717, 1.165) is 0 Å². The highest BCUT2D eigenvalue weighted by Crippen LogP contribution is 2.27. The molecule has 0 saturated heterocycles. The van der Waals surface area contributed by atoms with Gasteiger partial charge in [-0.15, -0.1) is 0 Å². The van der Waals surface area contributed by atoms with E-state index in [4.69, 9.17) is 22.1 Å². The van der Waals surface area contributed by atoms with Gasteiger partial charge in [0.15, 0.2) is 0 Å². The number of nitro benzene ring substituents is 1. The predicted octanol–water partition coefficient (Wildman–Crippen LogP) is 2.09. The fourth-order valence-corrected chi connectivity index (χ4v) is 1.73. The highest BCUT2D eigenvalue weighted by atomic mass is 35.5. The molecule has 2 aromatic rings. The third-order valence-electron chi connectivity index (χ3n) is 2.53. The Bertz CT molecular complexity index is 647. The number of nitrogens with zero attached hydrogens (tertiary/aromatic N) is 3. The number of nitrogens with one attached hydrogen (secondary N) is 1. The van der Waals surface area contributed by atoms with Crippen molar-refractivity contribution in [2.24, 2.45) is 0 Å². The van der Waals surface area contributed by atoms with E-state index in [9.17, 15) is 10.1 Å². The van der Waals surface area contributed by atoms with Crippen LogP contribution in [-0.4, -0.2) is 27.9 Å². The maximum absolute atomic E-state index is 10.9. The first-order valence-electron chi connectivity index (χ1n) is 5.90. The van der Waals surface area contributed by atoms with Gasteiger partial charge in [-0.3, -0.25) is 10.1 Å². The number of rotatable bonds is 6. The lowest BCUT2D eigenvalue weighted by Gasteiger charge is -2.14. The van der Waals surface area contributed by atoms with Crippen molar-refractivity contribution in [3.8, 4) is 5.88 Å². The molecular formula is C11H12ClN5O4. The number of benzene rings is 1. The van der Waals surface area contributed by atoms with Gasteiger partial charge in [0.05, 0.1) is 11.5 Å². The van der Waals surface area contributed by atoms with Crippen molar-refractivity contribution in [2.75, 3.05) is 17.6 Å². The normalized spacial score (nSPS) is 11.9. The standard InChI is InChI=1S/C11H12ClN5O4/c1-6(20-11-10(13)15-21-16-11)5-14-8-3-2-7(12)4-9(8)17(18)19/h2-4,6,14H,5H2,1H3,(H2,13,15)/t6-/m0/s1. The minimum atomic E-state index is -0.515. The second kappa shape index (κ2) is 6.27. The van der Waals surface area contributed by atoms with Crippen LogP contribution in [0, 0.1) is 10.1 Å². The van der Waals surface area contributed by atoms with Crippen LogP contribution in [0.2, 0.25) is 5.02 Å². The van der Waals surface area contributed by atoms with Crippen molar-refractivity contribution >= 4 is 28.8 Å². The summed E-state index contributed by atoms with van der Waals surface area (Å²) in [6.45, 7) is 2.03. The van der Waals surface area contributed by atoms with Crippen LogP contribution in [0.1, 0.15) is 6.92 Å². The molecule has 0 amide bonds. The van der Waals surface area contributed by atoms with Gasteiger partial charge in [0.25, 0.3) is 5.69 Å². The fourth-order valence-electron chi connectivity index (χ4n) is 1.56. The largest absolute Gasteiger partial charge is 0.468 e. The Hall–Kier alpha value is -2.55. The summed E-state index contributed by atoms with van der Waals surface area (Å²) in [6, 6.07) is 4.36. The van der Waals surface area contributed by atoms with Gasteiger partial charge in [0.2, 0.25) is 5.82 Å². The van der Waals surface area contributed by atoms with E-state index in [-0.39, 0.29) is 35.1 Å². The van der Waals surface area contributed by atoms with Gasteiger partial charge < -0.3 is 15.8 Å². The Balaban J connectivity index is 2.00. The summed E-state index contributed by atoms with van der Waals surface area (Å²) in [7, 11) is 0. The summed E-state index contributed by atoms with van der Waals surface area (Å²) >= 11 is 5.74. The van der Waals surface area contributed by atoms with Crippen LogP contribution in [0.25, 0.3) is 0 Å². The third kappa shape index (κ3) is 3.72. The van der Waals surface area contributed by atoms with Crippen LogP contribution in [0.5, 0.6) is 5.88 Å². The first kappa shape index (κ1) is 14.9. The topological polar surface area (TPSA) is 129 Å². The molecule has 0 unspecified atom stereocenters. The van der Waals surface area contributed by atoms with E-state index in [1.165, 1.54) is 12.1 Å². The van der Waals surface area contributed by atoms with E-state index in [1.54, 1.807) is 13.0 Å². The summed E-state index contributed by atoms with van der Waals surface area (Å²) in [5.41, 5.74) is 5.69. The highest BCUT2D eigenvalue weighted by molar-refractivity contribution is 6.30. The van der Waals surface area contributed by atoms with Gasteiger partial charge in [-0.05, 0) is 29.4 Å². The number of nitro groups is 1. The average molecular weight is 314 g/mol. The fraction of sp³-hybridized carbons (Fsp3) is 0.273. The van der Waals surface area contributed by atoms with Crippen molar-refractivity contribution in [1.29, 1.82) is 0 Å². The molecule has 1 atom stereocenters. The van der Waals surface area contributed by atoms with Crippen molar-refractivity contribution in [2.45, 2.75) is 13.0 Å². The summed E-state index contributed by atoms with van der Waals surface area (Å²) in [6.07, 6.45) is -0.366. The van der Waals surface area contributed by atoms with Gasteiger partial charge >= 0.3 is 5.88 Å². The molecule has 1 heterocycles. The maximum atomic E-state index is 10.9. The molecule has 0 aliphatic heterocycles. The van der Waals surface area contributed by atoms with Crippen LogP contribution < -0.4 is 15.8 Å². The molecule has 0 radical (unpaired) electrons. The molecule has 0 spiro atoms. The van der Waals surface area contributed by atoms with Crippen molar-refractivity contribution in [3.63, 3.8) is 0 Å². The van der Waals surface area contributed by atoms with E-state index in [2.05, 4.69) is 20.3 Å². The number of nitrogen functional groups attached to an aromatic ring is 1. The van der Waals surface area contributed by atoms with Crippen LogP contribution in [0.15, 0.2) is 22.8 Å². The molecule has 1 aromatic carbocycles. The summed E-state index contributed by atoms with van der Waals surface area (Å²) in [5, 5.41) is 21.0. The molecule has 3 N–H and O–H groups in total. The van der Waals surface area contributed by atoms with Crippen molar-refractivity contribution in [1.82, 2.24) is 10.3 Å². The molecule has 2 rings (SSSR count). The number of hydrogen-bond acceptors (Lipinski definition) is 8. The first-order chi connectivity index (χ1) is 9.97. The molecule has 112 valence electrons. The lowest BCUT2D eigenvalue weighted by atomic mass is 10.2. The molecule has 10 heteroatoms. The zero-order chi connectivity index (χ0) is 15.4. The average Bonchev–Trinajstić information content (AvgIpc) is 2.82. The molecule has 0 aliphatic rings. The molecule has 0 bridgehead atoms. The summed E-state index contributed by atoms with van der Waals surface area (Å²) < 4.78 is 9.78. The Morgan fingerprint density at radius 1 is 1.57 bits per heavy atom. The van der Waals surface area contributed by atoms with Crippen LogP contribution >= 0.6 is 11.6 Å². The molecule has 0 fully saturated rings. The second-order valence-electron chi connectivity index (χ2n) is 4.18.